The summed E-state index contributed by atoms with van der Waals surface area (Å²) in [5.41, 5.74) is 3.05. The molecule has 3 rings (SSSR count). The Morgan fingerprint density at radius 2 is 1.43 bits per heavy atom. The lowest BCUT2D eigenvalue weighted by Crippen LogP contribution is -2.35. The maximum absolute atomic E-state index is 12.7. The summed E-state index contributed by atoms with van der Waals surface area (Å²) in [6, 6.07) is 15.1. The van der Waals surface area contributed by atoms with Crippen LogP contribution in [0.5, 0.6) is 0 Å². The van der Waals surface area contributed by atoms with E-state index in [2.05, 4.69) is 31.4 Å². The molecule has 0 radical (unpaired) electrons. The SMILES string of the molecule is CC(C)(C)c1ccc(C(=O)Nc2cccc(C(=O)NC3CCCCCCC3)c2)cc1. The highest BCUT2D eigenvalue weighted by Crippen LogP contribution is 2.23. The molecule has 4 heteroatoms. The normalized spacial score (nSPS) is 15.7. The molecule has 2 amide bonds. The molecular formula is C26H34N2O2. The standard InChI is InChI=1S/C26H34N2O2/c1-26(2,3)21-16-14-19(15-17-21)24(29)28-23-13-9-10-20(18-23)25(30)27-22-11-7-5-4-6-8-12-22/h9-10,13-18,22H,4-8,11-12H2,1-3H3,(H,27,30)(H,28,29). The van der Waals surface area contributed by atoms with Crippen LogP contribution in [0.15, 0.2) is 48.5 Å². The zero-order valence-electron chi connectivity index (χ0n) is 18.5. The van der Waals surface area contributed by atoms with E-state index in [4.69, 9.17) is 0 Å². The molecule has 0 bridgehead atoms. The summed E-state index contributed by atoms with van der Waals surface area (Å²) in [6.07, 6.45) is 8.26. The molecule has 0 aliphatic heterocycles. The van der Waals surface area contributed by atoms with Crippen LogP contribution in [0.4, 0.5) is 5.69 Å². The average Bonchev–Trinajstić information content (AvgIpc) is 2.69. The van der Waals surface area contributed by atoms with Crippen LogP contribution in [0.25, 0.3) is 0 Å². The first kappa shape index (κ1) is 22.1. The first-order valence-corrected chi connectivity index (χ1v) is 11.2. The quantitative estimate of drug-likeness (QED) is 0.646. The van der Waals surface area contributed by atoms with Gasteiger partial charge in [-0.1, -0.05) is 71.1 Å². The average molecular weight is 407 g/mol. The van der Waals surface area contributed by atoms with Crippen molar-refractivity contribution in [3.63, 3.8) is 0 Å². The van der Waals surface area contributed by atoms with Gasteiger partial charge in [-0.25, -0.2) is 0 Å². The Balaban J connectivity index is 1.63. The largest absolute Gasteiger partial charge is 0.349 e. The van der Waals surface area contributed by atoms with Gasteiger partial charge in [-0.2, -0.15) is 0 Å². The third kappa shape index (κ3) is 6.19. The van der Waals surface area contributed by atoms with Crippen LogP contribution in [0.1, 0.15) is 92.0 Å². The highest BCUT2D eigenvalue weighted by molar-refractivity contribution is 6.05. The summed E-state index contributed by atoms with van der Waals surface area (Å²) in [7, 11) is 0. The summed E-state index contributed by atoms with van der Waals surface area (Å²) in [5, 5.41) is 6.10. The summed E-state index contributed by atoms with van der Waals surface area (Å²) in [6.45, 7) is 6.44. The first-order chi connectivity index (χ1) is 14.3. The number of carbonyl (C=O) groups excluding carboxylic acids is 2. The molecule has 2 aromatic rings. The Kier molecular flexibility index (Phi) is 7.30. The molecule has 1 saturated carbocycles. The molecule has 0 spiro atoms. The third-order valence-electron chi connectivity index (χ3n) is 5.84. The van der Waals surface area contributed by atoms with Crippen LogP contribution >= 0.6 is 0 Å². The minimum Gasteiger partial charge on any atom is -0.349 e. The fourth-order valence-corrected chi connectivity index (χ4v) is 3.93. The molecule has 1 aliphatic rings. The van der Waals surface area contributed by atoms with Gasteiger partial charge in [0.1, 0.15) is 0 Å². The van der Waals surface area contributed by atoms with Crippen molar-refractivity contribution in [2.45, 2.75) is 77.2 Å². The lowest BCUT2D eigenvalue weighted by atomic mass is 9.87. The first-order valence-electron chi connectivity index (χ1n) is 11.2. The van der Waals surface area contributed by atoms with Crippen LogP contribution in [0, 0.1) is 0 Å². The maximum Gasteiger partial charge on any atom is 0.255 e. The number of benzene rings is 2. The van der Waals surface area contributed by atoms with Crippen molar-refractivity contribution in [2.24, 2.45) is 0 Å². The van der Waals surface area contributed by atoms with Gasteiger partial charge in [0, 0.05) is 22.9 Å². The smallest absolute Gasteiger partial charge is 0.255 e. The number of hydrogen-bond donors (Lipinski definition) is 2. The molecule has 0 saturated heterocycles. The highest BCUT2D eigenvalue weighted by atomic mass is 16.2. The van der Waals surface area contributed by atoms with Crippen molar-refractivity contribution >= 4 is 17.5 Å². The summed E-state index contributed by atoms with van der Waals surface area (Å²) in [4.78, 5) is 25.4. The number of carbonyl (C=O) groups is 2. The monoisotopic (exact) mass is 406 g/mol. The van der Waals surface area contributed by atoms with E-state index in [1.54, 1.807) is 12.1 Å². The number of rotatable bonds is 4. The third-order valence-corrected chi connectivity index (χ3v) is 5.84. The number of hydrogen-bond acceptors (Lipinski definition) is 2. The minimum absolute atomic E-state index is 0.0488. The van der Waals surface area contributed by atoms with Gasteiger partial charge < -0.3 is 10.6 Å². The molecule has 1 aliphatic carbocycles. The van der Waals surface area contributed by atoms with E-state index in [9.17, 15) is 9.59 Å². The van der Waals surface area contributed by atoms with E-state index in [-0.39, 0.29) is 23.3 Å². The molecule has 0 unspecified atom stereocenters. The van der Waals surface area contributed by atoms with Crippen LogP contribution < -0.4 is 10.6 Å². The van der Waals surface area contributed by atoms with E-state index in [0.29, 0.717) is 16.8 Å². The van der Waals surface area contributed by atoms with Crippen molar-refractivity contribution in [1.29, 1.82) is 0 Å². The van der Waals surface area contributed by atoms with Crippen molar-refractivity contribution in [3.8, 4) is 0 Å². The Morgan fingerprint density at radius 3 is 2.07 bits per heavy atom. The van der Waals surface area contributed by atoms with Gasteiger partial charge >= 0.3 is 0 Å². The number of anilines is 1. The van der Waals surface area contributed by atoms with Crippen molar-refractivity contribution < 1.29 is 9.59 Å². The van der Waals surface area contributed by atoms with Gasteiger partial charge in [-0.15, -0.1) is 0 Å². The Hall–Kier alpha value is -2.62. The molecule has 0 aromatic heterocycles. The zero-order chi connectivity index (χ0) is 21.6. The highest BCUT2D eigenvalue weighted by Gasteiger charge is 2.17. The van der Waals surface area contributed by atoms with E-state index in [0.717, 1.165) is 12.8 Å². The Bertz CT molecular complexity index is 857. The topological polar surface area (TPSA) is 58.2 Å². The molecule has 30 heavy (non-hydrogen) atoms. The summed E-state index contributed by atoms with van der Waals surface area (Å²) < 4.78 is 0. The maximum atomic E-state index is 12.7. The molecule has 0 heterocycles. The van der Waals surface area contributed by atoms with Gasteiger partial charge in [-0.3, -0.25) is 9.59 Å². The van der Waals surface area contributed by atoms with Gasteiger partial charge in [0.05, 0.1) is 0 Å². The number of amides is 2. The van der Waals surface area contributed by atoms with Crippen LogP contribution in [-0.2, 0) is 5.41 Å². The van der Waals surface area contributed by atoms with Crippen molar-refractivity contribution in [1.82, 2.24) is 5.32 Å². The summed E-state index contributed by atoms with van der Waals surface area (Å²) in [5.74, 6) is -0.237. The van der Waals surface area contributed by atoms with Crippen LogP contribution in [-0.4, -0.2) is 17.9 Å². The van der Waals surface area contributed by atoms with E-state index >= 15 is 0 Å². The van der Waals surface area contributed by atoms with Gasteiger partial charge in [0.2, 0.25) is 0 Å². The predicted octanol–water partition coefficient (Wildman–Crippen LogP) is 6.08. The molecule has 1 fully saturated rings. The molecular weight excluding hydrogens is 372 g/mol. The Morgan fingerprint density at radius 1 is 0.800 bits per heavy atom. The van der Waals surface area contributed by atoms with Gasteiger partial charge in [-0.05, 0) is 54.2 Å². The van der Waals surface area contributed by atoms with Gasteiger partial charge in [0.25, 0.3) is 11.8 Å². The van der Waals surface area contributed by atoms with Crippen LogP contribution in [0.2, 0.25) is 0 Å². The van der Waals surface area contributed by atoms with Crippen molar-refractivity contribution in [2.75, 3.05) is 5.32 Å². The molecule has 2 N–H and O–H groups in total. The summed E-state index contributed by atoms with van der Waals surface area (Å²) >= 11 is 0. The van der Waals surface area contributed by atoms with Crippen LogP contribution in [0.3, 0.4) is 0 Å². The second-order valence-electron chi connectivity index (χ2n) is 9.38. The molecule has 4 nitrogen and oxygen atoms in total. The number of nitrogens with one attached hydrogen (secondary N) is 2. The predicted molar refractivity (Wildman–Crippen MR) is 123 cm³/mol. The lowest BCUT2D eigenvalue weighted by molar-refractivity contribution is 0.0929. The molecule has 0 atom stereocenters. The minimum atomic E-state index is -0.173. The lowest BCUT2D eigenvalue weighted by Gasteiger charge is -2.21. The zero-order valence-corrected chi connectivity index (χ0v) is 18.5. The second-order valence-corrected chi connectivity index (χ2v) is 9.38. The fraction of sp³-hybridized carbons (Fsp3) is 0.462. The molecule has 160 valence electrons. The Labute approximate surface area is 180 Å². The fourth-order valence-electron chi connectivity index (χ4n) is 3.93. The van der Waals surface area contributed by atoms with E-state index in [1.807, 2.05) is 36.4 Å². The molecule has 2 aromatic carbocycles. The second kappa shape index (κ2) is 9.92. The van der Waals surface area contributed by atoms with Gasteiger partial charge in [0.15, 0.2) is 0 Å². The van der Waals surface area contributed by atoms with E-state index < -0.39 is 0 Å². The van der Waals surface area contributed by atoms with E-state index in [1.165, 1.54) is 37.7 Å². The van der Waals surface area contributed by atoms with Crippen molar-refractivity contribution in [3.05, 3.63) is 65.2 Å².